The van der Waals surface area contributed by atoms with Crippen LogP contribution in [0.3, 0.4) is 0 Å². The number of alkyl halides is 6. The zero-order chi connectivity index (χ0) is 29.6. The molecule has 0 saturated carbocycles. The minimum atomic E-state index is -6.05. The minimum absolute atomic E-state index is 0.0555. The number of aliphatic hydroxyl groups is 1. The molecule has 3 heterocycles. The maximum Gasteiger partial charge on any atom is 0.431 e. The van der Waals surface area contributed by atoms with Gasteiger partial charge >= 0.3 is 12.4 Å². The first-order valence-electron chi connectivity index (χ1n) is 12.4. The number of nitrogens with zero attached hydrogens (tertiary/aromatic N) is 3. The largest absolute Gasteiger partial charge is 0.431 e. The van der Waals surface area contributed by atoms with Gasteiger partial charge in [-0.3, -0.25) is 9.80 Å². The van der Waals surface area contributed by atoms with Crippen LogP contribution in [-0.4, -0.2) is 52.7 Å². The molecule has 1 aromatic heterocycles. The maximum atomic E-state index is 13.7. The zero-order valence-electron chi connectivity index (χ0n) is 21.1. The van der Waals surface area contributed by atoms with Crippen molar-refractivity contribution >= 4 is 45.8 Å². The molecular weight excluding hydrogens is 592 g/mol. The summed E-state index contributed by atoms with van der Waals surface area (Å²) in [6, 6.07) is 15.1. The lowest BCUT2D eigenvalue weighted by Gasteiger charge is -2.32. The lowest BCUT2D eigenvalue weighted by atomic mass is 9.89. The first-order valence-corrected chi connectivity index (χ1v) is 13.7. The fraction of sp³-hybridized carbons (Fsp3) is 0.286. The molecule has 13 heteroatoms. The standard InChI is InChI=1S/C28H22ClF6N3O2S/c29-20-4-1-2-5-21(20)38-22(16-24(36-38)26(40,27(30,31)32)28(33,34)35)19-9-7-17(8-10-19)18-11-13-37(14-12-18)25(39)23-6-3-15-41-23/h1-11,15,22,40H,12-14,16H2. The quantitative estimate of drug-likeness (QED) is 0.303. The van der Waals surface area contributed by atoms with Crippen molar-refractivity contribution in [1.82, 2.24) is 4.90 Å². The fourth-order valence-corrected chi connectivity index (χ4v) is 5.84. The molecule has 5 nitrogen and oxygen atoms in total. The summed E-state index contributed by atoms with van der Waals surface area (Å²) in [5.41, 5.74) is -4.37. The van der Waals surface area contributed by atoms with Gasteiger partial charge in [0.05, 0.1) is 27.3 Å². The molecule has 0 bridgehead atoms. The van der Waals surface area contributed by atoms with Gasteiger partial charge in [0, 0.05) is 19.5 Å². The summed E-state index contributed by atoms with van der Waals surface area (Å²) in [6.07, 6.45) is -10.5. The molecule has 5 rings (SSSR count). The van der Waals surface area contributed by atoms with Crippen LogP contribution in [0, 0.1) is 0 Å². The van der Waals surface area contributed by atoms with Crippen LogP contribution in [0.4, 0.5) is 32.0 Å². The average molecular weight is 614 g/mol. The predicted molar refractivity (Wildman–Crippen MR) is 145 cm³/mol. The Hall–Kier alpha value is -3.35. The highest BCUT2D eigenvalue weighted by Gasteiger charge is 2.74. The van der Waals surface area contributed by atoms with Gasteiger partial charge in [-0.15, -0.1) is 11.3 Å². The van der Waals surface area contributed by atoms with Gasteiger partial charge in [0.1, 0.15) is 0 Å². The highest BCUT2D eigenvalue weighted by Crippen LogP contribution is 2.49. The highest BCUT2D eigenvalue weighted by molar-refractivity contribution is 7.12. The molecule has 2 aliphatic rings. The Morgan fingerprint density at radius 3 is 2.22 bits per heavy atom. The van der Waals surface area contributed by atoms with Gasteiger partial charge in [-0.25, -0.2) is 0 Å². The van der Waals surface area contributed by atoms with Crippen LogP contribution in [0.2, 0.25) is 5.02 Å². The Labute approximate surface area is 240 Å². The number of benzene rings is 2. The van der Waals surface area contributed by atoms with Crippen molar-refractivity contribution in [1.29, 1.82) is 0 Å². The van der Waals surface area contributed by atoms with Crippen molar-refractivity contribution in [2.75, 3.05) is 18.1 Å². The zero-order valence-corrected chi connectivity index (χ0v) is 22.7. The molecule has 0 fully saturated rings. The second-order valence-corrected chi connectivity index (χ2v) is 11.0. The Bertz CT molecular complexity index is 1470. The van der Waals surface area contributed by atoms with E-state index in [4.69, 9.17) is 11.6 Å². The van der Waals surface area contributed by atoms with E-state index in [0.29, 0.717) is 30.0 Å². The SMILES string of the molecule is O=C(c1cccs1)N1CC=C(c2ccc(C3CC(C(O)(C(F)(F)F)C(F)(F)F)=NN3c3ccccc3Cl)cc2)CC1. The highest BCUT2D eigenvalue weighted by atomic mass is 35.5. The normalized spacial score (nSPS) is 18.4. The number of halogens is 7. The molecule has 1 atom stereocenters. The number of carbonyl (C=O) groups excluding carboxylic acids is 1. The fourth-order valence-electron chi connectivity index (χ4n) is 4.93. The topological polar surface area (TPSA) is 56.1 Å². The summed E-state index contributed by atoms with van der Waals surface area (Å²) in [5.74, 6) is -0.0555. The van der Waals surface area contributed by atoms with E-state index in [0.717, 1.165) is 16.1 Å². The number of hydrogen-bond donors (Lipinski definition) is 1. The second-order valence-electron chi connectivity index (χ2n) is 9.60. The van der Waals surface area contributed by atoms with Gasteiger partial charge in [0.15, 0.2) is 0 Å². The lowest BCUT2D eigenvalue weighted by Crippen LogP contribution is -2.62. The average Bonchev–Trinajstić information content (AvgIpc) is 3.63. The minimum Gasteiger partial charge on any atom is -0.369 e. The van der Waals surface area contributed by atoms with Crippen LogP contribution in [0.1, 0.15) is 39.7 Å². The third-order valence-electron chi connectivity index (χ3n) is 7.14. The van der Waals surface area contributed by atoms with Crippen molar-refractivity contribution in [2.24, 2.45) is 5.10 Å². The van der Waals surface area contributed by atoms with E-state index >= 15 is 0 Å². The van der Waals surface area contributed by atoms with Crippen LogP contribution >= 0.6 is 22.9 Å². The summed E-state index contributed by atoms with van der Waals surface area (Å²) < 4.78 is 82.1. The van der Waals surface area contributed by atoms with Gasteiger partial charge in [-0.05, 0) is 46.7 Å². The van der Waals surface area contributed by atoms with E-state index in [1.165, 1.54) is 29.5 Å². The third-order valence-corrected chi connectivity index (χ3v) is 8.32. The second kappa shape index (κ2) is 10.8. The first kappa shape index (κ1) is 29.2. The van der Waals surface area contributed by atoms with Gasteiger partial charge in [0.2, 0.25) is 0 Å². The molecule has 2 aliphatic heterocycles. The van der Waals surface area contributed by atoms with Crippen molar-refractivity contribution in [3.05, 3.63) is 93.1 Å². The molecule has 1 unspecified atom stereocenters. The molecular formula is C28H22ClF6N3O2S. The van der Waals surface area contributed by atoms with Crippen LogP contribution in [0.5, 0.6) is 0 Å². The lowest BCUT2D eigenvalue weighted by molar-refractivity contribution is -0.338. The van der Waals surface area contributed by atoms with E-state index in [2.05, 4.69) is 5.10 Å². The molecule has 0 saturated heterocycles. The first-order chi connectivity index (χ1) is 19.3. The van der Waals surface area contributed by atoms with Gasteiger partial charge in [-0.1, -0.05) is 60.1 Å². The summed E-state index contributed by atoms with van der Waals surface area (Å²) >= 11 is 7.60. The smallest absolute Gasteiger partial charge is 0.369 e. The third kappa shape index (κ3) is 5.35. The molecule has 1 amide bonds. The van der Waals surface area contributed by atoms with Gasteiger partial charge < -0.3 is 10.0 Å². The Kier molecular flexibility index (Phi) is 7.68. The van der Waals surface area contributed by atoms with Crippen molar-refractivity contribution in [3.8, 4) is 0 Å². The molecule has 216 valence electrons. The summed E-state index contributed by atoms with van der Waals surface area (Å²) in [4.78, 5) is 15.0. The summed E-state index contributed by atoms with van der Waals surface area (Å²) in [6.45, 7) is 0.902. The monoisotopic (exact) mass is 613 g/mol. The number of thiophene rings is 1. The number of hydrazone groups is 1. The van der Waals surface area contributed by atoms with E-state index in [1.54, 1.807) is 41.3 Å². The van der Waals surface area contributed by atoms with Crippen LogP contribution in [0.15, 0.2) is 77.2 Å². The number of hydrogen-bond acceptors (Lipinski definition) is 5. The number of carbonyl (C=O) groups is 1. The Morgan fingerprint density at radius 2 is 1.66 bits per heavy atom. The summed E-state index contributed by atoms with van der Waals surface area (Å²) in [5, 5.41) is 16.6. The van der Waals surface area contributed by atoms with Crippen LogP contribution in [-0.2, 0) is 0 Å². The van der Waals surface area contributed by atoms with Gasteiger partial charge in [0.25, 0.3) is 11.5 Å². The number of rotatable bonds is 5. The van der Waals surface area contributed by atoms with Crippen molar-refractivity contribution < 1.29 is 36.2 Å². The summed E-state index contributed by atoms with van der Waals surface area (Å²) in [7, 11) is 0. The number of amides is 1. The van der Waals surface area contributed by atoms with Crippen LogP contribution < -0.4 is 5.01 Å². The maximum absolute atomic E-state index is 13.7. The van der Waals surface area contributed by atoms with E-state index in [9.17, 15) is 36.2 Å². The molecule has 0 radical (unpaired) electrons. The van der Waals surface area contributed by atoms with Crippen LogP contribution in [0.25, 0.3) is 5.57 Å². The molecule has 2 aromatic carbocycles. The van der Waals surface area contributed by atoms with E-state index in [-0.39, 0.29) is 16.6 Å². The molecule has 0 spiro atoms. The Balaban J connectivity index is 1.43. The molecule has 3 aromatic rings. The van der Waals surface area contributed by atoms with E-state index in [1.807, 2.05) is 17.5 Å². The predicted octanol–water partition coefficient (Wildman–Crippen LogP) is 7.49. The van der Waals surface area contributed by atoms with E-state index < -0.39 is 36.1 Å². The number of para-hydroxylation sites is 1. The molecule has 1 N–H and O–H groups in total. The Morgan fingerprint density at radius 1 is 0.976 bits per heavy atom. The molecule has 0 aliphatic carbocycles. The molecule has 41 heavy (non-hydrogen) atoms. The van der Waals surface area contributed by atoms with Gasteiger partial charge in [-0.2, -0.15) is 31.4 Å². The van der Waals surface area contributed by atoms with Crippen molar-refractivity contribution in [3.63, 3.8) is 0 Å². The number of anilines is 1. The van der Waals surface area contributed by atoms with Crippen molar-refractivity contribution in [2.45, 2.75) is 36.8 Å².